The lowest BCUT2D eigenvalue weighted by molar-refractivity contribution is 0.0693. The molecule has 0 saturated carbocycles. The number of hydrogen-bond acceptors (Lipinski definition) is 4. The van der Waals surface area contributed by atoms with Crippen LogP contribution in [0.1, 0.15) is 43.8 Å². The van der Waals surface area contributed by atoms with Crippen molar-refractivity contribution in [1.82, 2.24) is 5.16 Å². The van der Waals surface area contributed by atoms with E-state index < -0.39 is 11.4 Å². The third kappa shape index (κ3) is 2.91. The molecule has 0 atom stereocenters. The van der Waals surface area contributed by atoms with E-state index in [0.29, 0.717) is 29.4 Å². The number of aromatic nitrogens is 1. The summed E-state index contributed by atoms with van der Waals surface area (Å²) in [6.07, 6.45) is 0. The van der Waals surface area contributed by atoms with Crippen LogP contribution < -0.4 is 4.74 Å². The highest BCUT2D eigenvalue weighted by atomic mass is 16.5. The zero-order chi connectivity index (χ0) is 15.6. The van der Waals surface area contributed by atoms with E-state index in [2.05, 4.69) is 5.16 Å². The predicted molar refractivity (Wildman–Crippen MR) is 78.8 cm³/mol. The molecule has 112 valence electrons. The molecule has 0 saturated heterocycles. The fourth-order valence-electron chi connectivity index (χ4n) is 2.13. The summed E-state index contributed by atoms with van der Waals surface area (Å²) in [7, 11) is 0. The Morgan fingerprint density at radius 1 is 1.33 bits per heavy atom. The maximum absolute atomic E-state index is 11.7. The molecule has 1 N–H and O–H groups in total. The molecular formula is C16H19NO4. The number of nitrogens with zero attached hydrogens (tertiary/aromatic N) is 1. The molecule has 0 aliphatic heterocycles. The van der Waals surface area contributed by atoms with Crippen molar-refractivity contribution < 1.29 is 19.2 Å². The van der Waals surface area contributed by atoms with Gasteiger partial charge in [0.05, 0.1) is 6.61 Å². The fourth-order valence-corrected chi connectivity index (χ4v) is 2.13. The zero-order valence-electron chi connectivity index (χ0n) is 12.6. The first-order valence-electron chi connectivity index (χ1n) is 6.82. The molecule has 0 aliphatic carbocycles. The van der Waals surface area contributed by atoms with Gasteiger partial charge < -0.3 is 14.4 Å². The van der Waals surface area contributed by atoms with E-state index in [9.17, 15) is 9.90 Å². The first kappa shape index (κ1) is 15.1. The Labute approximate surface area is 123 Å². The number of rotatable bonds is 4. The molecule has 0 unspecified atom stereocenters. The number of benzene rings is 1. The maximum atomic E-state index is 11.7. The molecule has 0 spiro atoms. The van der Waals surface area contributed by atoms with Gasteiger partial charge in [0.2, 0.25) is 0 Å². The predicted octanol–water partition coefficient (Wildman–Crippen LogP) is 3.74. The van der Waals surface area contributed by atoms with Gasteiger partial charge >= 0.3 is 5.97 Å². The first-order valence-corrected chi connectivity index (χ1v) is 6.82. The van der Waals surface area contributed by atoms with E-state index >= 15 is 0 Å². The summed E-state index contributed by atoms with van der Waals surface area (Å²) in [5.41, 5.74) is 0.571. The molecule has 1 heterocycles. The van der Waals surface area contributed by atoms with Crippen molar-refractivity contribution in [3.8, 4) is 17.0 Å². The third-order valence-electron chi connectivity index (χ3n) is 3.03. The number of hydrogen-bond donors (Lipinski definition) is 1. The van der Waals surface area contributed by atoms with Gasteiger partial charge in [-0.25, -0.2) is 4.79 Å². The minimum absolute atomic E-state index is 0.0923. The Morgan fingerprint density at radius 2 is 2.00 bits per heavy atom. The highest BCUT2D eigenvalue weighted by Gasteiger charge is 2.32. The second kappa shape index (κ2) is 5.60. The Hall–Kier alpha value is -2.30. The summed E-state index contributed by atoms with van der Waals surface area (Å²) in [4.78, 5) is 11.7. The van der Waals surface area contributed by atoms with Crippen molar-refractivity contribution in [3.05, 3.63) is 35.6 Å². The fraction of sp³-hybridized carbons (Fsp3) is 0.375. The second-order valence-corrected chi connectivity index (χ2v) is 5.72. The van der Waals surface area contributed by atoms with E-state index in [1.54, 1.807) is 12.1 Å². The van der Waals surface area contributed by atoms with E-state index in [1.165, 1.54) is 0 Å². The van der Waals surface area contributed by atoms with E-state index in [1.807, 2.05) is 39.8 Å². The lowest BCUT2D eigenvalue weighted by Gasteiger charge is -2.15. The molecule has 0 fully saturated rings. The van der Waals surface area contributed by atoms with Crippen molar-refractivity contribution in [3.63, 3.8) is 0 Å². The minimum atomic E-state index is -1.05. The van der Waals surface area contributed by atoms with Crippen molar-refractivity contribution in [1.29, 1.82) is 0 Å². The van der Waals surface area contributed by atoms with Gasteiger partial charge in [-0.05, 0) is 19.1 Å². The van der Waals surface area contributed by atoms with Crippen molar-refractivity contribution in [2.75, 3.05) is 6.61 Å². The van der Waals surface area contributed by atoms with E-state index in [0.717, 1.165) is 0 Å². The smallest absolute Gasteiger partial charge is 0.341 e. The summed E-state index contributed by atoms with van der Waals surface area (Å²) in [6.45, 7) is 8.02. The van der Waals surface area contributed by atoms with Crippen LogP contribution in [0.4, 0.5) is 0 Å². The van der Waals surface area contributed by atoms with Gasteiger partial charge in [-0.1, -0.05) is 38.1 Å². The average molecular weight is 289 g/mol. The van der Waals surface area contributed by atoms with Crippen LogP contribution in [0.3, 0.4) is 0 Å². The molecule has 1 aromatic heterocycles. The van der Waals surface area contributed by atoms with Crippen LogP contribution in [0.5, 0.6) is 5.75 Å². The second-order valence-electron chi connectivity index (χ2n) is 5.72. The summed E-state index contributed by atoms with van der Waals surface area (Å²) < 4.78 is 10.9. The Morgan fingerprint density at radius 3 is 2.57 bits per heavy atom. The highest BCUT2D eigenvalue weighted by Crippen LogP contribution is 2.36. The molecule has 0 aliphatic rings. The van der Waals surface area contributed by atoms with E-state index in [4.69, 9.17) is 9.26 Å². The zero-order valence-corrected chi connectivity index (χ0v) is 12.6. The SMILES string of the molecule is CCOc1ccccc1-c1noc(C(C)(C)C)c1C(=O)O. The largest absolute Gasteiger partial charge is 0.493 e. The van der Waals surface area contributed by atoms with E-state index in [-0.39, 0.29) is 5.56 Å². The van der Waals surface area contributed by atoms with Gasteiger partial charge in [0.25, 0.3) is 0 Å². The standard InChI is InChI=1S/C16H19NO4/c1-5-20-11-9-7-6-8-10(11)13-12(15(18)19)14(21-17-13)16(2,3)4/h6-9H,5H2,1-4H3,(H,18,19). The summed E-state index contributed by atoms with van der Waals surface area (Å²) in [6, 6.07) is 7.21. The monoisotopic (exact) mass is 289 g/mol. The topological polar surface area (TPSA) is 72.6 Å². The van der Waals surface area contributed by atoms with Crippen LogP contribution >= 0.6 is 0 Å². The normalized spacial score (nSPS) is 11.4. The average Bonchev–Trinajstić information content (AvgIpc) is 2.84. The molecule has 0 amide bonds. The molecule has 21 heavy (non-hydrogen) atoms. The Kier molecular flexibility index (Phi) is 4.02. The van der Waals surface area contributed by atoms with Crippen molar-refractivity contribution >= 4 is 5.97 Å². The number of carbonyl (C=O) groups is 1. The molecule has 0 bridgehead atoms. The third-order valence-corrected chi connectivity index (χ3v) is 3.03. The number of carboxylic acids is 1. The number of para-hydroxylation sites is 1. The number of carboxylic acid groups (broad SMARTS) is 1. The molecule has 0 radical (unpaired) electrons. The lowest BCUT2D eigenvalue weighted by Crippen LogP contribution is -2.15. The molecule has 5 heteroatoms. The molecule has 5 nitrogen and oxygen atoms in total. The molecule has 2 rings (SSSR count). The maximum Gasteiger partial charge on any atom is 0.341 e. The van der Waals surface area contributed by atoms with Crippen LogP contribution in [0.2, 0.25) is 0 Å². The van der Waals surface area contributed by atoms with Gasteiger partial charge in [0, 0.05) is 11.0 Å². The van der Waals surface area contributed by atoms with Crippen LogP contribution in [0, 0.1) is 0 Å². The number of ether oxygens (including phenoxy) is 1. The van der Waals surface area contributed by atoms with Gasteiger partial charge in [0.1, 0.15) is 17.0 Å². The first-order chi connectivity index (χ1) is 9.86. The highest BCUT2D eigenvalue weighted by molar-refractivity contribution is 5.97. The van der Waals surface area contributed by atoms with Crippen LogP contribution in [-0.2, 0) is 5.41 Å². The van der Waals surface area contributed by atoms with Gasteiger partial charge in [-0.15, -0.1) is 0 Å². The van der Waals surface area contributed by atoms with Gasteiger partial charge in [-0.3, -0.25) is 0 Å². The summed E-state index contributed by atoms with van der Waals surface area (Å²) >= 11 is 0. The van der Waals surface area contributed by atoms with Crippen molar-refractivity contribution in [2.45, 2.75) is 33.1 Å². The lowest BCUT2D eigenvalue weighted by atomic mass is 9.89. The molecular weight excluding hydrogens is 270 g/mol. The summed E-state index contributed by atoms with van der Waals surface area (Å²) in [5.74, 6) is -0.102. The minimum Gasteiger partial charge on any atom is -0.493 e. The number of aromatic carboxylic acids is 1. The van der Waals surface area contributed by atoms with Gasteiger partial charge in [-0.2, -0.15) is 0 Å². The van der Waals surface area contributed by atoms with Crippen molar-refractivity contribution in [2.24, 2.45) is 0 Å². The Bertz CT molecular complexity index is 653. The van der Waals surface area contributed by atoms with Crippen LogP contribution in [0.25, 0.3) is 11.3 Å². The van der Waals surface area contributed by atoms with Crippen LogP contribution in [-0.4, -0.2) is 22.8 Å². The molecule has 1 aromatic carbocycles. The Balaban J connectivity index is 2.66. The molecule has 2 aromatic rings. The van der Waals surface area contributed by atoms with Gasteiger partial charge in [0.15, 0.2) is 5.76 Å². The van der Waals surface area contributed by atoms with Crippen LogP contribution in [0.15, 0.2) is 28.8 Å². The quantitative estimate of drug-likeness (QED) is 0.928. The summed E-state index contributed by atoms with van der Waals surface area (Å²) in [5, 5.41) is 13.5.